The number of ether oxygens (including phenoxy) is 1. The van der Waals surface area contributed by atoms with Crippen LogP contribution in [0, 0.1) is 10.1 Å². The number of hydrogen-bond acceptors (Lipinski definition) is 8. The first-order valence-corrected chi connectivity index (χ1v) is 12.6. The molecule has 3 heterocycles. The fourth-order valence-electron chi connectivity index (χ4n) is 4.02. The Morgan fingerprint density at radius 2 is 1.89 bits per heavy atom. The van der Waals surface area contributed by atoms with Gasteiger partial charge in [-0.15, -0.1) is 11.3 Å². The predicted molar refractivity (Wildman–Crippen MR) is 137 cm³/mol. The quantitative estimate of drug-likeness (QED) is 0.219. The van der Waals surface area contributed by atoms with Gasteiger partial charge in [0.05, 0.1) is 26.3 Å². The van der Waals surface area contributed by atoms with Crippen molar-refractivity contribution in [2.45, 2.75) is 19.6 Å². The summed E-state index contributed by atoms with van der Waals surface area (Å²) in [5.41, 5.74) is 1.44. The van der Waals surface area contributed by atoms with Gasteiger partial charge in [-0.2, -0.15) is 0 Å². The highest BCUT2D eigenvalue weighted by molar-refractivity contribution is 7.10. The Morgan fingerprint density at radius 1 is 1.14 bits per heavy atom. The number of aromatic nitrogens is 1. The van der Waals surface area contributed by atoms with Gasteiger partial charge in [0.2, 0.25) is 0 Å². The number of thiophene rings is 1. The first-order valence-electron chi connectivity index (χ1n) is 10.9. The van der Waals surface area contributed by atoms with Crippen LogP contribution >= 0.6 is 22.7 Å². The molecule has 0 radical (unpaired) electrons. The van der Waals surface area contributed by atoms with Crippen molar-refractivity contribution in [1.29, 1.82) is 0 Å². The zero-order valence-electron chi connectivity index (χ0n) is 19.0. The maximum absolute atomic E-state index is 13.6. The molecule has 36 heavy (non-hydrogen) atoms. The maximum atomic E-state index is 13.6. The topological polar surface area (TPSA) is 104 Å². The molecule has 0 spiro atoms. The molecule has 1 atom stereocenters. The Hall–Kier alpha value is -4.15. The second-order valence-corrected chi connectivity index (χ2v) is 9.96. The summed E-state index contributed by atoms with van der Waals surface area (Å²) >= 11 is 2.55. The minimum absolute atomic E-state index is 0.0930. The van der Waals surface area contributed by atoms with E-state index in [4.69, 9.17) is 4.74 Å². The lowest BCUT2D eigenvalue weighted by atomic mass is 10.0. The van der Waals surface area contributed by atoms with Gasteiger partial charge in [-0.1, -0.05) is 59.9 Å². The van der Waals surface area contributed by atoms with Gasteiger partial charge in [0.1, 0.15) is 12.6 Å². The second kappa shape index (κ2) is 9.84. The van der Waals surface area contributed by atoms with Crippen molar-refractivity contribution in [3.63, 3.8) is 0 Å². The third-order valence-corrected chi connectivity index (χ3v) is 7.59. The van der Waals surface area contributed by atoms with Crippen LogP contribution in [0.3, 0.4) is 0 Å². The standard InChI is InChI=1S/C26H19N3O5S2/c1-16-22(25(31)34-15-17-8-3-2-4-9-17)23(20-12-7-13-35-20)28-24(30)21(36-26(28)27-16)14-18-10-5-6-11-19(18)29(32)33/h2-14,23H,15H2,1H3/b21-14+/t23-/m0/s1. The number of fused-ring (bicyclic) bond motifs is 1. The number of hydrogen-bond donors (Lipinski definition) is 0. The second-order valence-electron chi connectivity index (χ2n) is 7.97. The number of nitro benzene ring substituents is 1. The van der Waals surface area contributed by atoms with Gasteiger partial charge in [-0.05, 0) is 36.1 Å². The molecule has 10 heteroatoms. The van der Waals surface area contributed by atoms with Crippen molar-refractivity contribution in [3.8, 4) is 0 Å². The van der Waals surface area contributed by atoms with Crippen LogP contribution in [0.5, 0.6) is 0 Å². The molecule has 0 fully saturated rings. The van der Waals surface area contributed by atoms with E-state index < -0.39 is 16.9 Å². The number of nitro groups is 1. The van der Waals surface area contributed by atoms with Crippen LogP contribution in [0.2, 0.25) is 0 Å². The minimum Gasteiger partial charge on any atom is -0.457 e. The van der Waals surface area contributed by atoms with Crippen molar-refractivity contribution >= 4 is 40.4 Å². The molecule has 0 saturated heterocycles. The maximum Gasteiger partial charge on any atom is 0.338 e. The highest BCUT2D eigenvalue weighted by Gasteiger charge is 2.34. The molecule has 180 valence electrons. The van der Waals surface area contributed by atoms with Crippen molar-refractivity contribution in [3.05, 3.63) is 129 Å². The van der Waals surface area contributed by atoms with Crippen LogP contribution in [-0.4, -0.2) is 15.5 Å². The van der Waals surface area contributed by atoms with Crippen molar-refractivity contribution < 1.29 is 14.5 Å². The molecule has 0 unspecified atom stereocenters. The van der Waals surface area contributed by atoms with Gasteiger partial charge in [-0.25, -0.2) is 9.79 Å². The Labute approximate surface area is 212 Å². The average Bonchev–Trinajstić information content (AvgIpc) is 3.51. The Bertz CT molecular complexity index is 1670. The number of allylic oxidation sites excluding steroid dienone is 1. The van der Waals surface area contributed by atoms with Crippen molar-refractivity contribution in [1.82, 2.24) is 4.57 Å². The minimum atomic E-state index is -0.711. The van der Waals surface area contributed by atoms with Gasteiger partial charge in [0.15, 0.2) is 4.80 Å². The zero-order valence-corrected chi connectivity index (χ0v) is 20.6. The van der Waals surface area contributed by atoms with Gasteiger partial charge < -0.3 is 4.74 Å². The number of esters is 1. The zero-order chi connectivity index (χ0) is 25.2. The number of thiazole rings is 1. The summed E-state index contributed by atoms with van der Waals surface area (Å²) in [6.07, 6.45) is 1.50. The van der Waals surface area contributed by atoms with Gasteiger partial charge in [0.25, 0.3) is 11.2 Å². The largest absolute Gasteiger partial charge is 0.457 e. The summed E-state index contributed by atoms with van der Waals surface area (Å²) in [4.78, 5) is 43.6. The van der Waals surface area contributed by atoms with E-state index in [0.29, 0.717) is 16.1 Å². The molecule has 0 N–H and O–H groups in total. The van der Waals surface area contributed by atoms with E-state index in [1.54, 1.807) is 25.1 Å². The number of benzene rings is 2. The SMILES string of the molecule is CC1=C(C(=O)OCc2ccccc2)[C@H](c2cccs2)n2c(s/c(=C/c3ccccc3[N+](=O)[O-])c2=O)=N1. The summed E-state index contributed by atoms with van der Waals surface area (Å²) in [6.45, 7) is 1.81. The molecule has 2 aromatic carbocycles. The highest BCUT2D eigenvalue weighted by atomic mass is 32.1. The average molecular weight is 518 g/mol. The van der Waals surface area contributed by atoms with Crippen LogP contribution in [0.4, 0.5) is 5.69 Å². The summed E-state index contributed by atoms with van der Waals surface area (Å²) in [6, 6.07) is 18.6. The van der Waals surface area contributed by atoms with Gasteiger partial charge in [-0.3, -0.25) is 19.5 Å². The Balaban J connectivity index is 1.61. The van der Waals surface area contributed by atoms with Crippen LogP contribution < -0.4 is 14.9 Å². The lowest BCUT2D eigenvalue weighted by Gasteiger charge is -2.23. The first-order chi connectivity index (χ1) is 17.4. The van der Waals surface area contributed by atoms with Crippen LogP contribution in [0.15, 0.2) is 93.2 Å². The van der Waals surface area contributed by atoms with Gasteiger partial charge in [0, 0.05) is 10.9 Å². The normalized spacial score (nSPS) is 15.4. The highest BCUT2D eigenvalue weighted by Crippen LogP contribution is 2.33. The van der Waals surface area contributed by atoms with E-state index in [1.807, 2.05) is 47.8 Å². The van der Waals surface area contributed by atoms with E-state index >= 15 is 0 Å². The smallest absolute Gasteiger partial charge is 0.338 e. The van der Waals surface area contributed by atoms with E-state index in [9.17, 15) is 19.7 Å². The van der Waals surface area contributed by atoms with Gasteiger partial charge >= 0.3 is 5.97 Å². The van der Waals surface area contributed by atoms with E-state index in [2.05, 4.69) is 4.99 Å². The van der Waals surface area contributed by atoms with Crippen LogP contribution in [-0.2, 0) is 16.1 Å². The number of para-hydroxylation sites is 1. The molecule has 0 aliphatic carbocycles. The van der Waals surface area contributed by atoms with Crippen LogP contribution in [0.25, 0.3) is 6.08 Å². The van der Waals surface area contributed by atoms with E-state index in [0.717, 1.165) is 21.8 Å². The summed E-state index contributed by atoms with van der Waals surface area (Å²) in [5, 5.41) is 13.3. The van der Waals surface area contributed by atoms with Crippen molar-refractivity contribution in [2.75, 3.05) is 0 Å². The lowest BCUT2D eigenvalue weighted by Crippen LogP contribution is -2.39. The summed E-state index contributed by atoms with van der Waals surface area (Å²) in [5.74, 6) is -0.550. The molecule has 0 saturated carbocycles. The number of rotatable bonds is 6. The number of nitrogens with zero attached hydrogens (tertiary/aromatic N) is 3. The molecule has 0 bridgehead atoms. The lowest BCUT2D eigenvalue weighted by molar-refractivity contribution is -0.385. The fourth-order valence-corrected chi connectivity index (χ4v) is 5.88. The van der Waals surface area contributed by atoms with E-state index in [-0.39, 0.29) is 28.0 Å². The third kappa shape index (κ3) is 4.43. The number of carbonyl (C=O) groups is 1. The Kier molecular flexibility index (Phi) is 6.45. The summed E-state index contributed by atoms with van der Waals surface area (Å²) in [7, 11) is 0. The molecule has 8 nitrogen and oxygen atoms in total. The monoisotopic (exact) mass is 517 g/mol. The van der Waals surface area contributed by atoms with Crippen LogP contribution in [0.1, 0.15) is 29.0 Å². The molecule has 5 rings (SSSR count). The molecular weight excluding hydrogens is 498 g/mol. The molecule has 4 aromatic rings. The molecular formula is C26H19N3O5S2. The summed E-state index contributed by atoms with van der Waals surface area (Å²) < 4.78 is 7.38. The van der Waals surface area contributed by atoms with Crippen molar-refractivity contribution in [2.24, 2.45) is 4.99 Å². The fraction of sp³-hybridized carbons (Fsp3) is 0.115. The molecule has 2 aromatic heterocycles. The Morgan fingerprint density at radius 3 is 2.61 bits per heavy atom. The predicted octanol–water partition coefficient (Wildman–Crippen LogP) is 3.95. The first kappa shape index (κ1) is 23.6. The molecule has 1 aliphatic heterocycles. The van der Waals surface area contributed by atoms with E-state index in [1.165, 1.54) is 28.0 Å². The molecule has 0 amide bonds. The molecule has 1 aliphatic rings. The third-order valence-electron chi connectivity index (χ3n) is 5.69. The number of carbonyl (C=O) groups excluding carboxylic acids is 1.